The Morgan fingerprint density at radius 2 is 1.69 bits per heavy atom. The Hall–Kier alpha value is -1.25. The van der Waals surface area contributed by atoms with Gasteiger partial charge in [0, 0.05) is 0 Å². The lowest BCUT2D eigenvalue weighted by molar-refractivity contribution is 0.376. The van der Waals surface area contributed by atoms with E-state index < -0.39 is 17.3 Å². The van der Waals surface area contributed by atoms with Gasteiger partial charge in [-0.1, -0.05) is 20.8 Å². The second-order valence-electron chi connectivity index (χ2n) is 4.08. The molecule has 2 N–H and O–H groups in total. The molecule has 1 rings (SSSR count). The summed E-state index contributed by atoms with van der Waals surface area (Å²) in [6.45, 7) is 5.70. The Morgan fingerprint density at radius 1 is 1.15 bits per heavy atom. The molecule has 0 saturated heterocycles. The van der Waals surface area contributed by atoms with Gasteiger partial charge in [-0.25, -0.2) is 4.39 Å². The van der Waals surface area contributed by atoms with Crippen LogP contribution in [0.15, 0.2) is 12.1 Å². The third-order valence-corrected chi connectivity index (χ3v) is 1.91. The molecule has 0 aliphatic carbocycles. The van der Waals surface area contributed by atoms with Crippen LogP contribution in [0.2, 0.25) is 0 Å². The van der Waals surface area contributed by atoms with Gasteiger partial charge in [0.25, 0.3) is 0 Å². The Balaban J connectivity index is 3.29. The van der Waals surface area contributed by atoms with E-state index in [9.17, 15) is 4.39 Å². The van der Waals surface area contributed by atoms with E-state index in [2.05, 4.69) is 0 Å². The van der Waals surface area contributed by atoms with E-state index in [4.69, 9.17) is 10.2 Å². The molecule has 0 aromatic heterocycles. The summed E-state index contributed by atoms with van der Waals surface area (Å²) in [5, 5.41) is 18.1. The van der Waals surface area contributed by atoms with Crippen molar-refractivity contribution < 1.29 is 14.6 Å². The first-order chi connectivity index (χ1) is 5.82. The highest BCUT2D eigenvalue weighted by Gasteiger charge is 2.18. The van der Waals surface area contributed by atoms with Gasteiger partial charge in [-0.2, -0.15) is 0 Å². The molecule has 0 saturated carbocycles. The lowest BCUT2D eigenvalue weighted by Crippen LogP contribution is -2.11. The van der Waals surface area contributed by atoms with E-state index >= 15 is 0 Å². The Bertz CT molecular complexity index is 303. The predicted molar refractivity (Wildman–Crippen MR) is 48.4 cm³/mol. The summed E-state index contributed by atoms with van der Waals surface area (Å²) in [7, 11) is 0. The highest BCUT2D eigenvalue weighted by Crippen LogP contribution is 2.33. The molecule has 0 unspecified atom stereocenters. The summed E-state index contributed by atoms with van der Waals surface area (Å²) in [4.78, 5) is 0. The van der Waals surface area contributed by atoms with Gasteiger partial charge >= 0.3 is 0 Å². The Labute approximate surface area is 76.6 Å². The van der Waals surface area contributed by atoms with Crippen LogP contribution in [0.25, 0.3) is 0 Å². The van der Waals surface area contributed by atoms with Gasteiger partial charge in [-0.3, -0.25) is 0 Å². The minimum atomic E-state index is -0.787. The fraction of sp³-hybridized carbons (Fsp3) is 0.400. The molecule has 0 fully saturated rings. The van der Waals surface area contributed by atoms with Crippen LogP contribution in [0, 0.1) is 5.82 Å². The normalized spacial score (nSPS) is 11.7. The van der Waals surface area contributed by atoms with Crippen molar-refractivity contribution >= 4 is 0 Å². The Kier molecular flexibility index (Phi) is 2.20. The van der Waals surface area contributed by atoms with E-state index in [1.165, 1.54) is 12.1 Å². The molecule has 0 radical (unpaired) electrons. The van der Waals surface area contributed by atoms with Crippen LogP contribution in [0.3, 0.4) is 0 Å². The fourth-order valence-corrected chi connectivity index (χ4v) is 1.02. The van der Waals surface area contributed by atoms with Crippen LogP contribution >= 0.6 is 0 Å². The molecular formula is C10H13FO2. The van der Waals surface area contributed by atoms with Crippen molar-refractivity contribution in [3.63, 3.8) is 0 Å². The molecule has 1 aromatic rings. The first kappa shape index (κ1) is 9.84. The first-order valence-corrected chi connectivity index (χ1v) is 4.04. The minimum Gasteiger partial charge on any atom is -0.504 e. The summed E-state index contributed by atoms with van der Waals surface area (Å²) < 4.78 is 13.0. The van der Waals surface area contributed by atoms with Crippen molar-refractivity contribution in [1.29, 1.82) is 0 Å². The van der Waals surface area contributed by atoms with Gasteiger partial charge < -0.3 is 10.2 Å². The van der Waals surface area contributed by atoms with E-state index in [0.717, 1.165) is 0 Å². The van der Waals surface area contributed by atoms with E-state index in [1.807, 2.05) is 20.8 Å². The maximum absolute atomic E-state index is 13.0. The van der Waals surface area contributed by atoms with Crippen LogP contribution < -0.4 is 0 Å². The summed E-state index contributed by atoms with van der Waals surface area (Å²) >= 11 is 0. The molecule has 13 heavy (non-hydrogen) atoms. The van der Waals surface area contributed by atoms with Gasteiger partial charge in [-0.05, 0) is 23.1 Å². The number of hydrogen-bond donors (Lipinski definition) is 2. The van der Waals surface area contributed by atoms with Gasteiger partial charge in [-0.15, -0.1) is 0 Å². The van der Waals surface area contributed by atoms with Crippen LogP contribution in [-0.4, -0.2) is 10.2 Å². The van der Waals surface area contributed by atoms with Crippen LogP contribution in [0.5, 0.6) is 11.5 Å². The highest BCUT2D eigenvalue weighted by molar-refractivity contribution is 5.43. The fourth-order valence-electron chi connectivity index (χ4n) is 1.02. The zero-order chi connectivity index (χ0) is 10.2. The summed E-state index contributed by atoms with van der Waals surface area (Å²) in [6.07, 6.45) is 0. The van der Waals surface area contributed by atoms with Crippen LogP contribution in [0.4, 0.5) is 4.39 Å². The number of aromatic hydroxyl groups is 2. The number of benzene rings is 1. The third-order valence-electron chi connectivity index (χ3n) is 1.91. The molecule has 2 nitrogen and oxygen atoms in total. The second-order valence-corrected chi connectivity index (χ2v) is 4.08. The maximum atomic E-state index is 13.0. The SMILES string of the molecule is CC(C)(C)c1cc(O)c(O)c(F)c1. The number of halogens is 1. The standard InChI is InChI=1S/C10H13FO2/c1-10(2,3)6-4-7(11)9(13)8(12)5-6/h4-5,12-13H,1-3H3. The lowest BCUT2D eigenvalue weighted by atomic mass is 9.87. The van der Waals surface area contributed by atoms with Crippen molar-refractivity contribution in [2.24, 2.45) is 0 Å². The van der Waals surface area contributed by atoms with Crippen LogP contribution in [-0.2, 0) is 5.41 Å². The lowest BCUT2D eigenvalue weighted by Gasteiger charge is -2.19. The molecule has 0 spiro atoms. The molecule has 0 atom stereocenters. The number of hydrogen-bond acceptors (Lipinski definition) is 2. The van der Waals surface area contributed by atoms with Crippen molar-refractivity contribution in [2.45, 2.75) is 26.2 Å². The molecule has 0 bridgehead atoms. The van der Waals surface area contributed by atoms with Gasteiger partial charge in [0.15, 0.2) is 17.3 Å². The average molecular weight is 184 g/mol. The Morgan fingerprint density at radius 3 is 2.08 bits per heavy atom. The van der Waals surface area contributed by atoms with Gasteiger partial charge in [0.2, 0.25) is 0 Å². The molecule has 0 amide bonds. The minimum absolute atomic E-state index is 0.244. The van der Waals surface area contributed by atoms with Gasteiger partial charge in [0.05, 0.1) is 0 Å². The topological polar surface area (TPSA) is 40.5 Å². The maximum Gasteiger partial charge on any atom is 0.194 e. The van der Waals surface area contributed by atoms with E-state index in [0.29, 0.717) is 5.56 Å². The largest absolute Gasteiger partial charge is 0.504 e. The average Bonchev–Trinajstić information content (AvgIpc) is 1.97. The van der Waals surface area contributed by atoms with Crippen molar-refractivity contribution in [1.82, 2.24) is 0 Å². The quantitative estimate of drug-likeness (QED) is 0.608. The van der Waals surface area contributed by atoms with Crippen molar-refractivity contribution in [3.8, 4) is 11.5 Å². The van der Waals surface area contributed by atoms with Crippen molar-refractivity contribution in [3.05, 3.63) is 23.5 Å². The van der Waals surface area contributed by atoms with Gasteiger partial charge in [0.1, 0.15) is 0 Å². The third kappa shape index (κ3) is 1.91. The summed E-state index contributed by atoms with van der Waals surface area (Å²) in [5.74, 6) is -1.89. The number of phenolic OH excluding ortho intramolecular Hbond substituents is 2. The van der Waals surface area contributed by atoms with E-state index in [1.54, 1.807) is 0 Å². The molecule has 0 aliphatic rings. The van der Waals surface area contributed by atoms with E-state index in [-0.39, 0.29) is 5.41 Å². The molecule has 0 heterocycles. The monoisotopic (exact) mass is 184 g/mol. The van der Waals surface area contributed by atoms with Crippen LogP contribution in [0.1, 0.15) is 26.3 Å². The molecule has 0 aliphatic heterocycles. The zero-order valence-corrected chi connectivity index (χ0v) is 7.93. The predicted octanol–water partition coefficient (Wildman–Crippen LogP) is 2.53. The second kappa shape index (κ2) is 2.91. The molecule has 72 valence electrons. The number of rotatable bonds is 0. The first-order valence-electron chi connectivity index (χ1n) is 4.04. The molecule has 1 aromatic carbocycles. The smallest absolute Gasteiger partial charge is 0.194 e. The highest BCUT2D eigenvalue weighted by atomic mass is 19.1. The van der Waals surface area contributed by atoms with Crippen molar-refractivity contribution in [2.75, 3.05) is 0 Å². The summed E-state index contributed by atoms with van der Waals surface area (Å²) in [6, 6.07) is 2.60. The molecular weight excluding hydrogens is 171 g/mol. The molecule has 3 heteroatoms. The summed E-state index contributed by atoms with van der Waals surface area (Å²) in [5.41, 5.74) is 0.409. The zero-order valence-electron chi connectivity index (χ0n) is 7.93. The number of phenols is 2.